The van der Waals surface area contributed by atoms with Gasteiger partial charge in [0.1, 0.15) is 6.67 Å². The fourth-order valence-electron chi connectivity index (χ4n) is 7.41. The van der Waals surface area contributed by atoms with E-state index >= 15 is 0 Å². The molecule has 0 radical (unpaired) electrons. The highest BCUT2D eigenvalue weighted by molar-refractivity contribution is 5.23. The summed E-state index contributed by atoms with van der Waals surface area (Å²) in [6.07, 6.45) is 12.9. The molecule has 0 saturated heterocycles. The Hall–Kier alpha value is -0.370. The minimum atomic E-state index is -0.997. The van der Waals surface area contributed by atoms with E-state index in [9.17, 15) is 9.50 Å². The summed E-state index contributed by atoms with van der Waals surface area (Å²) in [5.74, 6) is 3.98. The average Bonchev–Trinajstić information content (AvgIpc) is 2.90. The van der Waals surface area contributed by atoms with Crippen molar-refractivity contribution in [3.8, 4) is 0 Å². The number of rotatable bonds is 1. The monoisotopic (exact) mass is 320 g/mol. The fraction of sp³-hybridized carbons (Fsp3) is 0.905. The standard InChI is InChI=1S/C21H33FO/c1-3-15-5-7-19-18-6-4-14-12-21(23,13-22)11-9-16(14)17(18)8-10-20(15,19)2/h3,14,16-19,23H,4-13H2,1-2H3/t14-,16+,17-,18-,19+,20-,21-/m1/s1. The van der Waals surface area contributed by atoms with E-state index in [1.807, 2.05) is 0 Å². The van der Waals surface area contributed by atoms with Crippen molar-refractivity contribution in [3.05, 3.63) is 11.6 Å². The Morgan fingerprint density at radius 1 is 1.09 bits per heavy atom. The minimum absolute atomic E-state index is 0.469. The molecule has 7 atom stereocenters. The lowest BCUT2D eigenvalue weighted by Crippen LogP contribution is -2.50. The molecule has 0 aliphatic heterocycles. The zero-order chi connectivity index (χ0) is 16.2. The summed E-state index contributed by atoms with van der Waals surface area (Å²) in [5.41, 5.74) is 1.19. The molecule has 0 amide bonds. The van der Waals surface area contributed by atoms with Crippen LogP contribution in [-0.4, -0.2) is 17.4 Å². The highest BCUT2D eigenvalue weighted by Gasteiger charge is 2.56. The second kappa shape index (κ2) is 5.58. The molecule has 4 fully saturated rings. The van der Waals surface area contributed by atoms with Crippen molar-refractivity contribution in [2.24, 2.45) is 35.0 Å². The summed E-state index contributed by atoms with van der Waals surface area (Å²) in [5, 5.41) is 10.4. The van der Waals surface area contributed by atoms with E-state index in [1.165, 1.54) is 38.5 Å². The Morgan fingerprint density at radius 2 is 1.87 bits per heavy atom. The summed E-state index contributed by atoms with van der Waals surface area (Å²) in [6, 6.07) is 0. The van der Waals surface area contributed by atoms with Gasteiger partial charge in [0.25, 0.3) is 0 Å². The maximum atomic E-state index is 13.2. The lowest BCUT2D eigenvalue weighted by Gasteiger charge is -2.56. The van der Waals surface area contributed by atoms with Crippen molar-refractivity contribution < 1.29 is 9.50 Å². The SMILES string of the molecule is CC=C1CC[C@H]2[C@@H]3CC[C@@H]4C[C@@](O)(CF)CC[C@@H]4[C@H]3CC[C@]12C. The van der Waals surface area contributed by atoms with Crippen LogP contribution in [-0.2, 0) is 0 Å². The Morgan fingerprint density at radius 3 is 2.61 bits per heavy atom. The van der Waals surface area contributed by atoms with E-state index in [4.69, 9.17) is 0 Å². The molecule has 0 spiro atoms. The number of alkyl halides is 1. The summed E-state index contributed by atoms with van der Waals surface area (Å²) in [4.78, 5) is 0. The molecule has 4 rings (SSSR count). The van der Waals surface area contributed by atoms with Gasteiger partial charge in [0.2, 0.25) is 0 Å². The number of hydrogen-bond donors (Lipinski definition) is 1. The van der Waals surface area contributed by atoms with E-state index in [0.29, 0.717) is 17.8 Å². The van der Waals surface area contributed by atoms with Crippen molar-refractivity contribution in [2.75, 3.05) is 6.67 Å². The molecule has 4 aliphatic rings. The first kappa shape index (κ1) is 16.1. The molecular weight excluding hydrogens is 287 g/mol. The third-order valence-corrected chi connectivity index (χ3v) is 8.55. The van der Waals surface area contributed by atoms with Gasteiger partial charge in [-0.3, -0.25) is 0 Å². The molecule has 4 aliphatic carbocycles. The summed E-state index contributed by atoms with van der Waals surface area (Å²) >= 11 is 0. The minimum Gasteiger partial charge on any atom is -0.387 e. The molecule has 1 N–H and O–H groups in total. The van der Waals surface area contributed by atoms with E-state index in [-0.39, 0.29) is 0 Å². The van der Waals surface area contributed by atoms with E-state index in [2.05, 4.69) is 19.9 Å². The van der Waals surface area contributed by atoms with Gasteiger partial charge in [0.15, 0.2) is 0 Å². The van der Waals surface area contributed by atoms with Gasteiger partial charge < -0.3 is 5.11 Å². The van der Waals surface area contributed by atoms with Crippen LogP contribution in [0.3, 0.4) is 0 Å². The van der Waals surface area contributed by atoms with Crippen LogP contribution in [0.15, 0.2) is 11.6 Å². The fourth-order valence-corrected chi connectivity index (χ4v) is 7.41. The maximum Gasteiger partial charge on any atom is 0.118 e. The largest absolute Gasteiger partial charge is 0.387 e. The topological polar surface area (TPSA) is 20.2 Å². The molecule has 0 heterocycles. The Balaban J connectivity index is 1.55. The molecule has 0 aromatic heterocycles. The second-order valence-electron chi connectivity index (χ2n) is 9.34. The van der Waals surface area contributed by atoms with Crippen LogP contribution >= 0.6 is 0 Å². The smallest absolute Gasteiger partial charge is 0.118 e. The van der Waals surface area contributed by atoms with Crippen molar-refractivity contribution in [3.63, 3.8) is 0 Å². The van der Waals surface area contributed by atoms with Crippen LogP contribution in [0.5, 0.6) is 0 Å². The first-order valence-electron chi connectivity index (χ1n) is 9.95. The van der Waals surface area contributed by atoms with Gasteiger partial charge in [0.05, 0.1) is 5.60 Å². The molecule has 23 heavy (non-hydrogen) atoms. The number of fused-ring (bicyclic) bond motifs is 5. The number of hydrogen-bond acceptors (Lipinski definition) is 1. The van der Waals surface area contributed by atoms with Crippen LogP contribution < -0.4 is 0 Å². The van der Waals surface area contributed by atoms with Crippen molar-refractivity contribution >= 4 is 0 Å². The van der Waals surface area contributed by atoms with Crippen LogP contribution in [0.4, 0.5) is 4.39 Å². The van der Waals surface area contributed by atoms with Gasteiger partial charge in [-0.1, -0.05) is 18.6 Å². The molecule has 4 saturated carbocycles. The van der Waals surface area contributed by atoms with Crippen LogP contribution in [0, 0.1) is 35.0 Å². The molecule has 2 heteroatoms. The third kappa shape index (κ3) is 2.34. The maximum absolute atomic E-state index is 13.2. The van der Waals surface area contributed by atoms with Gasteiger partial charge in [-0.05, 0) is 99.7 Å². The lowest BCUT2D eigenvalue weighted by molar-refractivity contribution is -0.104. The molecule has 0 aromatic rings. The van der Waals surface area contributed by atoms with Crippen molar-refractivity contribution in [2.45, 2.75) is 77.2 Å². The van der Waals surface area contributed by atoms with E-state index < -0.39 is 12.3 Å². The van der Waals surface area contributed by atoms with Crippen LogP contribution in [0.1, 0.15) is 71.6 Å². The first-order valence-corrected chi connectivity index (χ1v) is 9.95. The molecular formula is C21H33FO. The van der Waals surface area contributed by atoms with Gasteiger partial charge in [0, 0.05) is 0 Å². The summed E-state index contributed by atoms with van der Waals surface area (Å²) in [7, 11) is 0. The van der Waals surface area contributed by atoms with Gasteiger partial charge in [-0.2, -0.15) is 0 Å². The van der Waals surface area contributed by atoms with Crippen molar-refractivity contribution in [1.82, 2.24) is 0 Å². The Bertz CT molecular complexity index is 500. The normalized spacial score (nSPS) is 54.4. The van der Waals surface area contributed by atoms with Gasteiger partial charge in [-0.25, -0.2) is 4.39 Å². The Kier molecular flexibility index (Phi) is 3.91. The number of allylic oxidation sites excluding steroid dienone is 2. The molecule has 0 bridgehead atoms. The van der Waals surface area contributed by atoms with Crippen molar-refractivity contribution in [1.29, 1.82) is 0 Å². The number of aliphatic hydroxyl groups is 1. The third-order valence-electron chi connectivity index (χ3n) is 8.55. The zero-order valence-corrected chi connectivity index (χ0v) is 14.9. The quantitative estimate of drug-likeness (QED) is 0.651. The predicted molar refractivity (Wildman–Crippen MR) is 91.8 cm³/mol. The Labute approximate surface area is 140 Å². The molecule has 0 unspecified atom stereocenters. The lowest BCUT2D eigenvalue weighted by atomic mass is 9.49. The highest BCUT2D eigenvalue weighted by Crippen LogP contribution is 2.64. The van der Waals surface area contributed by atoms with E-state index in [1.54, 1.807) is 5.57 Å². The van der Waals surface area contributed by atoms with Crippen LogP contribution in [0.2, 0.25) is 0 Å². The van der Waals surface area contributed by atoms with Crippen LogP contribution in [0.25, 0.3) is 0 Å². The average molecular weight is 320 g/mol. The molecule has 0 aromatic carbocycles. The number of halogens is 1. The first-order chi connectivity index (χ1) is 11.0. The molecule has 1 nitrogen and oxygen atoms in total. The highest BCUT2D eigenvalue weighted by atomic mass is 19.1. The summed E-state index contributed by atoms with van der Waals surface area (Å²) in [6.45, 7) is 4.21. The van der Waals surface area contributed by atoms with Gasteiger partial charge >= 0.3 is 0 Å². The van der Waals surface area contributed by atoms with E-state index in [0.717, 1.165) is 36.5 Å². The summed E-state index contributed by atoms with van der Waals surface area (Å²) < 4.78 is 13.2. The second-order valence-corrected chi connectivity index (χ2v) is 9.34. The zero-order valence-electron chi connectivity index (χ0n) is 14.9. The molecule has 130 valence electrons. The van der Waals surface area contributed by atoms with Gasteiger partial charge in [-0.15, -0.1) is 0 Å². The predicted octanol–water partition coefficient (Wildman–Crippen LogP) is 5.29.